The van der Waals surface area contributed by atoms with E-state index in [2.05, 4.69) is 4.98 Å². The quantitative estimate of drug-likeness (QED) is 0.844. The van der Waals surface area contributed by atoms with Gasteiger partial charge in [0, 0.05) is 17.8 Å². The van der Waals surface area contributed by atoms with Crippen LogP contribution in [0.4, 0.5) is 0 Å². The molecule has 1 heterocycles. The highest BCUT2D eigenvalue weighted by Gasteiger charge is 2.50. The van der Waals surface area contributed by atoms with Crippen LogP contribution in [0.25, 0.3) is 0 Å². The third-order valence-corrected chi connectivity index (χ3v) is 4.21. The summed E-state index contributed by atoms with van der Waals surface area (Å²) >= 11 is 0. The summed E-state index contributed by atoms with van der Waals surface area (Å²) in [4.78, 5) is 17.1. The van der Waals surface area contributed by atoms with Crippen LogP contribution >= 0.6 is 0 Å². The first-order chi connectivity index (χ1) is 10.1. The van der Waals surface area contributed by atoms with Crippen molar-refractivity contribution in [3.63, 3.8) is 0 Å². The lowest BCUT2D eigenvalue weighted by Crippen LogP contribution is -2.23. The van der Waals surface area contributed by atoms with Crippen molar-refractivity contribution in [1.29, 1.82) is 0 Å². The summed E-state index contributed by atoms with van der Waals surface area (Å²) in [5.74, 6) is 1.09. The maximum atomic E-state index is 12.7. The highest BCUT2D eigenvalue weighted by Crippen LogP contribution is 2.49. The minimum absolute atomic E-state index is 0.269. The summed E-state index contributed by atoms with van der Waals surface area (Å²) in [5.41, 5.74) is 2.62. The summed E-state index contributed by atoms with van der Waals surface area (Å²) in [7, 11) is 1.65. The summed E-state index contributed by atoms with van der Waals surface area (Å²) in [6.45, 7) is 1.95. The van der Waals surface area contributed by atoms with Gasteiger partial charge in [0.1, 0.15) is 11.5 Å². The van der Waals surface area contributed by atoms with E-state index in [0.29, 0.717) is 6.42 Å². The molecule has 0 unspecified atom stereocenters. The molecule has 1 aliphatic carbocycles. The molecular weight excluding hydrogens is 262 g/mol. The molecule has 1 saturated carbocycles. The van der Waals surface area contributed by atoms with Gasteiger partial charge in [0.2, 0.25) is 0 Å². The number of hydrogen-bond acceptors (Lipinski definition) is 3. The smallest absolute Gasteiger partial charge is 0.149 e. The second-order valence-electron chi connectivity index (χ2n) is 5.68. The monoisotopic (exact) mass is 281 g/mol. The Morgan fingerprint density at radius 2 is 1.90 bits per heavy atom. The molecule has 3 rings (SSSR count). The van der Waals surface area contributed by atoms with Crippen molar-refractivity contribution in [3.8, 4) is 5.75 Å². The van der Waals surface area contributed by atoms with Gasteiger partial charge in [-0.15, -0.1) is 0 Å². The van der Waals surface area contributed by atoms with E-state index >= 15 is 0 Å². The van der Waals surface area contributed by atoms with Crippen molar-refractivity contribution in [2.45, 2.75) is 31.6 Å². The van der Waals surface area contributed by atoms with Gasteiger partial charge in [-0.05, 0) is 49.6 Å². The Bertz CT molecular complexity index is 657. The van der Waals surface area contributed by atoms with Crippen molar-refractivity contribution in [2.75, 3.05) is 7.11 Å². The number of carbonyl (C=O) groups is 1. The SMILES string of the molecule is COc1ccc(C2(C(=O)Cc3cccc(C)n3)CC2)cc1. The zero-order valence-electron chi connectivity index (χ0n) is 12.4. The second-order valence-corrected chi connectivity index (χ2v) is 5.68. The normalized spacial score (nSPS) is 15.5. The molecule has 21 heavy (non-hydrogen) atoms. The van der Waals surface area contributed by atoms with E-state index in [1.807, 2.05) is 49.4 Å². The molecule has 1 aromatic carbocycles. The first-order valence-corrected chi connectivity index (χ1v) is 7.24. The number of aromatic nitrogens is 1. The molecule has 0 atom stereocenters. The van der Waals surface area contributed by atoms with E-state index in [1.54, 1.807) is 7.11 Å². The lowest BCUT2D eigenvalue weighted by molar-refractivity contribution is -0.120. The van der Waals surface area contributed by atoms with Crippen molar-refractivity contribution < 1.29 is 9.53 Å². The van der Waals surface area contributed by atoms with Crippen LogP contribution in [0.5, 0.6) is 5.75 Å². The maximum absolute atomic E-state index is 12.7. The molecule has 0 bridgehead atoms. The van der Waals surface area contributed by atoms with Gasteiger partial charge in [-0.1, -0.05) is 18.2 Å². The van der Waals surface area contributed by atoms with E-state index in [9.17, 15) is 4.79 Å². The third kappa shape index (κ3) is 2.68. The van der Waals surface area contributed by atoms with Crippen LogP contribution in [-0.4, -0.2) is 17.9 Å². The first kappa shape index (κ1) is 13.8. The average molecular weight is 281 g/mol. The van der Waals surface area contributed by atoms with Crippen LogP contribution in [0, 0.1) is 6.92 Å². The first-order valence-electron chi connectivity index (χ1n) is 7.24. The summed E-state index contributed by atoms with van der Waals surface area (Å²) in [6, 6.07) is 13.7. The summed E-state index contributed by atoms with van der Waals surface area (Å²) in [6.07, 6.45) is 2.28. The molecule has 0 amide bonds. The van der Waals surface area contributed by atoms with Crippen molar-refractivity contribution >= 4 is 5.78 Å². The Balaban J connectivity index is 1.79. The molecule has 1 fully saturated rings. The number of pyridine rings is 1. The predicted molar refractivity (Wildman–Crippen MR) is 81.6 cm³/mol. The van der Waals surface area contributed by atoms with Crippen LogP contribution in [0.1, 0.15) is 29.8 Å². The minimum Gasteiger partial charge on any atom is -0.497 e. The number of nitrogens with zero attached hydrogens (tertiary/aromatic N) is 1. The Labute approximate surface area is 125 Å². The largest absolute Gasteiger partial charge is 0.497 e. The molecule has 0 aliphatic heterocycles. The fourth-order valence-corrected chi connectivity index (χ4v) is 2.80. The van der Waals surface area contributed by atoms with Crippen LogP contribution in [-0.2, 0) is 16.6 Å². The molecule has 0 N–H and O–H groups in total. The topological polar surface area (TPSA) is 39.2 Å². The van der Waals surface area contributed by atoms with Gasteiger partial charge < -0.3 is 4.74 Å². The molecule has 108 valence electrons. The molecule has 0 spiro atoms. The van der Waals surface area contributed by atoms with E-state index in [4.69, 9.17) is 4.74 Å². The standard InChI is InChI=1S/C18H19NO2/c1-13-4-3-5-15(19-13)12-17(20)18(10-11-18)14-6-8-16(21-2)9-7-14/h3-9H,10-12H2,1-2H3. The number of benzene rings is 1. The molecule has 0 radical (unpaired) electrons. The highest BCUT2D eigenvalue weighted by molar-refractivity contribution is 5.94. The van der Waals surface area contributed by atoms with E-state index in [-0.39, 0.29) is 11.2 Å². The van der Waals surface area contributed by atoms with Gasteiger partial charge in [-0.3, -0.25) is 9.78 Å². The van der Waals surface area contributed by atoms with Crippen LogP contribution in [0.15, 0.2) is 42.5 Å². The molecule has 2 aromatic rings. The van der Waals surface area contributed by atoms with Crippen LogP contribution < -0.4 is 4.74 Å². The second kappa shape index (κ2) is 5.32. The van der Waals surface area contributed by atoms with Crippen LogP contribution in [0.2, 0.25) is 0 Å². The van der Waals surface area contributed by atoms with Gasteiger partial charge in [-0.25, -0.2) is 0 Å². The van der Waals surface area contributed by atoms with Crippen molar-refractivity contribution in [2.24, 2.45) is 0 Å². The molecule has 1 aromatic heterocycles. The third-order valence-electron chi connectivity index (χ3n) is 4.21. The lowest BCUT2D eigenvalue weighted by atomic mass is 9.89. The highest BCUT2D eigenvalue weighted by atomic mass is 16.5. The minimum atomic E-state index is -0.294. The fourth-order valence-electron chi connectivity index (χ4n) is 2.80. The Hall–Kier alpha value is -2.16. The number of Topliss-reactive ketones (excluding diaryl/α,β-unsaturated/α-hetero) is 1. The van der Waals surface area contributed by atoms with Gasteiger partial charge >= 0.3 is 0 Å². The van der Waals surface area contributed by atoms with Gasteiger partial charge in [0.15, 0.2) is 0 Å². The van der Waals surface area contributed by atoms with Gasteiger partial charge in [-0.2, -0.15) is 0 Å². The predicted octanol–water partition coefficient (Wildman–Crippen LogP) is 3.24. The maximum Gasteiger partial charge on any atom is 0.149 e. The fraction of sp³-hybridized carbons (Fsp3) is 0.333. The van der Waals surface area contributed by atoms with Gasteiger partial charge in [0.05, 0.1) is 12.5 Å². The Morgan fingerprint density at radius 3 is 2.48 bits per heavy atom. The molecule has 3 heteroatoms. The zero-order valence-corrected chi connectivity index (χ0v) is 12.4. The summed E-state index contributed by atoms with van der Waals surface area (Å²) in [5, 5.41) is 0. The molecular formula is C18H19NO2. The van der Waals surface area contributed by atoms with E-state index < -0.39 is 0 Å². The number of ether oxygens (including phenoxy) is 1. The average Bonchev–Trinajstić information content (AvgIpc) is 3.29. The number of ketones is 1. The number of aryl methyl sites for hydroxylation is 1. The number of hydrogen-bond donors (Lipinski definition) is 0. The lowest BCUT2D eigenvalue weighted by Gasteiger charge is -2.15. The Kier molecular flexibility index (Phi) is 3.50. The molecule has 3 nitrogen and oxygen atoms in total. The number of methoxy groups -OCH3 is 1. The summed E-state index contributed by atoms with van der Waals surface area (Å²) < 4.78 is 5.18. The number of carbonyl (C=O) groups excluding carboxylic acids is 1. The molecule has 0 saturated heterocycles. The zero-order chi connectivity index (χ0) is 14.9. The van der Waals surface area contributed by atoms with Gasteiger partial charge in [0.25, 0.3) is 0 Å². The Morgan fingerprint density at radius 1 is 1.19 bits per heavy atom. The number of rotatable bonds is 5. The van der Waals surface area contributed by atoms with E-state index in [1.165, 1.54) is 0 Å². The van der Waals surface area contributed by atoms with Crippen LogP contribution in [0.3, 0.4) is 0 Å². The molecule has 1 aliphatic rings. The van der Waals surface area contributed by atoms with E-state index in [0.717, 1.165) is 35.5 Å². The van der Waals surface area contributed by atoms with Crippen molar-refractivity contribution in [3.05, 3.63) is 59.4 Å². The van der Waals surface area contributed by atoms with Crippen molar-refractivity contribution in [1.82, 2.24) is 4.98 Å².